The van der Waals surface area contributed by atoms with Crippen LogP contribution in [0.25, 0.3) is 33.8 Å². The molecule has 150 heavy (non-hydrogen) atoms. The number of carbonyl (C=O) groups is 3. The second-order valence-electron chi connectivity index (χ2n) is 40.5. The van der Waals surface area contributed by atoms with Crippen molar-refractivity contribution in [1.29, 1.82) is 15.8 Å². The van der Waals surface area contributed by atoms with E-state index in [0.717, 1.165) is 200 Å². The van der Waals surface area contributed by atoms with E-state index >= 15 is 0 Å². The summed E-state index contributed by atoms with van der Waals surface area (Å²) in [6, 6.07) is 40.6. The Kier molecular flexibility index (Phi) is 47.9. The van der Waals surface area contributed by atoms with Gasteiger partial charge in [-0.05, 0) is 145 Å². The van der Waals surface area contributed by atoms with E-state index in [0.29, 0.717) is 109 Å². The standard InChI is InChI=1S/C41H59N7O2S.C41H51N7OS.C39H55N7O2S/c1-9-15-19-29(12-4)26-47(27-30(13-5)20-16-10-2)41-44-36(32-22-18-23-33(24-32)50-8)39(51-41)43-35-28(7)34(25-42)40(49)48-38(35)45-37(46-48)31(14-6)21-17-11-3;1-7-11-16-30(9-3)26-47(27-31(10-4)17-12-8-2)41-45-37(33-22-20-28(5)21-23-33)39(50-41)44-36-29(6)34(25-42)40(49)48-38(36)43-35(46-48)24-32-18-14-13-15-19-32;1-7-11-14-16-17-19-25-45(24-18-15-12-8-2)39-42-34(30-22-20-23-31(26-30)48-6)37(49-39)41-33-28(5)32(27-40)38(47)46-36(33)43-35(44-46)29(10-4)21-13-9-3/h18,22-24,29-31H,9-17,19-21,26-27H2,1-8H3;13-15,18-23,30-31H,7-12,16-17,24,26-27H2,1-6H3;20,22-23,26,29H,7-19,21,24-25H2,1-6H3. The molecule has 13 rings (SSSR count). The lowest BCUT2D eigenvalue weighted by atomic mass is 9.96. The van der Waals surface area contributed by atoms with E-state index < -0.39 is 17.7 Å². The second-order valence-corrected chi connectivity index (χ2v) is 43.4. The zero-order valence-corrected chi connectivity index (χ0v) is 95.9. The normalized spacial score (nSPS) is 14.9. The molecule has 0 aliphatic carbocycles. The molecule has 0 saturated carbocycles. The number of benzene rings is 4. The summed E-state index contributed by atoms with van der Waals surface area (Å²) in [4.78, 5) is 94.4. The minimum atomic E-state index is -0.476. The number of unbranched alkanes of at least 4 members (excludes halogenated alkanes) is 14. The molecule has 29 heteroatoms. The van der Waals surface area contributed by atoms with Gasteiger partial charge in [0.15, 0.2) is 50.3 Å². The molecule has 0 fully saturated rings. The van der Waals surface area contributed by atoms with Crippen molar-refractivity contribution in [3.8, 4) is 63.5 Å². The van der Waals surface area contributed by atoms with E-state index in [1.807, 2.05) is 78.9 Å². The fourth-order valence-electron chi connectivity index (χ4n) is 19.6. The lowest BCUT2D eigenvalue weighted by molar-refractivity contribution is 0.0933. The van der Waals surface area contributed by atoms with Crippen LogP contribution in [0.4, 0.5) is 30.4 Å². The molecule has 9 heterocycles. The molecular formula is C121H165N21O5S3. The molecule has 0 spiro atoms. The Morgan fingerprint density at radius 3 is 1.04 bits per heavy atom. The predicted molar refractivity (Wildman–Crippen MR) is 618 cm³/mol. The van der Waals surface area contributed by atoms with Crippen molar-refractivity contribution in [2.75, 3.05) is 68.2 Å². The topological polar surface area (TPSA) is 319 Å². The molecule has 0 saturated heterocycles. The van der Waals surface area contributed by atoms with Gasteiger partial charge in [0.25, 0.3) is 17.7 Å². The molecular weight excluding hydrogens is 1920 g/mol. The van der Waals surface area contributed by atoms with Gasteiger partial charge >= 0.3 is 0 Å². The number of aliphatic imine (C=N–C) groups is 3. The summed E-state index contributed by atoms with van der Waals surface area (Å²) in [5.74, 6) is 5.55. The van der Waals surface area contributed by atoms with Crippen LogP contribution in [0.5, 0.6) is 11.5 Å². The number of carbonyl (C=O) groups excluding carboxylic acids is 3. The van der Waals surface area contributed by atoms with Gasteiger partial charge in [0, 0.05) is 90.9 Å². The molecule has 6 unspecified atom stereocenters. The van der Waals surface area contributed by atoms with E-state index in [1.54, 1.807) is 69.0 Å². The monoisotopic (exact) mass is 2090 g/mol. The Hall–Kier alpha value is -12.1. The number of allylic oxidation sites excluding steroid dienone is 6. The van der Waals surface area contributed by atoms with Crippen molar-refractivity contribution in [3.05, 3.63) is 183 Å². The van der Waals surface area contributed by atoms with E-state index in [1.165, 1.54) is 148 Å². The first-order valence-corrected chi connectivity index (χ1v) is 58.7. The maximum Gasteiger partial charge on any atom is 0.291 e. The van der Waals surface area contributed by atoms with Crippen LogP contribution in [-0.4, -0.2) is 148 Å². The summed E-state index contributed by atoms with van der Waals surface area (Å²) in [5.41, 5.74) is 10.4. The van der Waals surface area contributed by atoms with Crippen molar-refractivity contribution in [1.82, 2.24) is 59.2 Å². The van der Waals surface area contributed by atoms with Gasteiger partial charge in [-0.3, -0.25) is 14.4 Å². The number of rotatable bonds is 59. The van der Waals surface area contributed by atoms with Crippen LogP contribution >= 0.6 is 34.0 Å². The number of nitrogens with zero attached hydrogens (tertiary/aromatic N) is 21. The molecule has 3 aliphatic rings. The smallest absolute Gasteiger partial charge is 0.291 e. The summed E-state index contributed by atoms with van der Waals surface area (Å²) in [7, 11) is 3.33. The quantitative estimate of drug-likeness (QED) is 0.0320. The van der Waals surface area contributed by atoms with Crippen molar-refractivity contribution >= 4 is 99.3 Å². The predicted octanol–water partition coefficient (Wildman–Crippen LogP) is 31.6. The summed E-state index contributed by atoms with van der Waals surface area (Å²) >= 11 is 4.72. The van der Waals surface area contributed by atoms with Crippen molar-refractivity contribution in [2.24, 2.45) is 38.6 Å². The summed E-state index contributed by atoms with van der Waals surface area (Å²) in [5, 5.41) is 49.3. The van der Waals surface area contributed by atoms with Crippen molar-refractivity contribution in [3.63, 3.8) is 0 Å². The fourth-order valence-corrected chi connectivity index (χ4v) is 22.6. The number of methoxy groups -OCH3 is 2. The maximum atomic E-state index is 13.6. The zero-order valence-electron chi connectivity index (χ0n) is 93.4. The summed E-state index contributed by atoms with van der Waals surface area (Å²) in [6.45, 7) is 44.5. The number of aromatic nitrogens is 12. The molecule has 0 amide bonds. The van der Waals surface area contributed by atoms with E-state index in [-0.39, 0.29) is 28.6 Å². The number of nitriles is 3. The third kappa shape index (κ3) is 31.1. The molecule has 0 N–H and O–H groups in total. The molecule has 3 aliphatic heterocycles. The zero-order chi connectivity index (χ0) is 108. The van der Waals surface area contributed by atoms with Crippen LogP contribution in [0.3, 0.4) is 0 Å². The molecule has 10 aromatic rings. The van der Waals surface area contributed by atoms with Crippen LogP contribution < -0.4 is 24.2 Å². The van der Waals surface area contributed by atoms with Crippen molar-refractivity contribution in [2.45, 2.75) is 361 Å². The number of aryl methyl sites for hydroxylation is 1. The largest absolute Gasteiger partial charge is 0.497 e. The van der Waals surface area contributed by atoms with E-state index in [9.17, 15) is 30.2 Å². The highest BCUT2D eigenvalue weighted by molar-refractivity contribution is 7.20. The Bertz CT molecular complexity index is 6340. The van der Waals surface area contributed by atoms with Crippen LogP contribution in [0.15, 0.2) is 152 Å². The summed E-state index contributed by atoms with van der Waals surface area (Å²) in [6.07, 6.45) is 39.4. The second kappa shape index (κ2) is 60.8. The highest BCUT2D eigenvalue weighted by atomic mass is 32.1. The highest BCUT2D eigenvalue weighted by Crippen LogP contribution is 2.48. The number of hydrogen-bond acceptors (Lipinski definition) is 26. The van der Waals surface area contributed by atoms with Gasteiger partial charge in [-0.25, -0.2) is 44.9 Å². The van der Waals surface area contributed by atoms with Gasteiger partial charge < -0.3 is 24.2 Å². The molecule has 26 nitrogen and oxygen atoms in total. The molecule has 802 valence electrons. The third-order valence-electron chi connectivity index (χ3n) is 29.4. The fraction of sp³-hybridized carbons (Fsp3) is 0.554. The first-order valence-electron chi connectivity index (χ1n) is 56.3. The molecule has 6 aromatic heterocycles. The average Bonchev–Trinajstić information content (AvgIpc) is 1.61. The number of thiazole rings is 3. The van der Waals surface area contributed by atoms with Gasteiger partial charge in [-0.1, -0.05) is 369 Å². The Labute approximate surface area is 906 Å². The van der Waals surface area contributed by atoms with Crippen LogP contribution in [-0.2, 0) is 6.42 Å². The third-order valence-corrected chi connectivity index (χ3v) is 32.4. The number of anilines is 3. The number of hydrogen-bond donors (Lipinski definition) is 0. The van der Waals surface area contributed by atoms with Crippen LogP contribution in [0, 0.1) is 64.6 Å². The van der Waals surface area contributed by atoms with Gasteiger partial charge in [0.2, 0.25) is 0 Å². The number of fused-ring (bicyclic) bond motifs is 3. The first kappa shape index (κ1) is 118. The number of ether oxygens (including phenoxy) is 2. The van der Waals surface area contributed by atoms with Gasteiger partial charge in [0.05, 0.1) is 14.2 Å². The van der Waals surface area contributed by atoms with E-state index in [4.69, 9.17) is 59.5 Å². The summed E-state index contributed by atoms with van der Waals surface area (Å²) < 4.78 is 15.1. The average molecular weight is 2090 g/mol. The lowest BCUT2D eigenvalue weighted by Gasteiger charge is -2.30. The maximum absolute atomic E-state index is 13.6. The first-order chi connectivity index (χ1) is 72.9. The Morgan fingerprint density at radius 1 is 0.353 bits per heavy atom. The minimum absolute atomic E-state index is 0.0269. The van der Waals surface area contributed by atoms with Crippen LogP contribution in [0.2, 0.25) is 0 Å². The van der Waals surface area contributed by atoms with Gasteiger partial charge in [-0.15, -0.1) is 15.3 Å². The molecule has 6 atom stereocenters. The Balaban J connectivity index is 0.000000213. The van der Waals surface area contributed by atoms with Crippen LogP contribution in [0.1, 0.15) is 408 Å². The molecule has 0 radical (unpaired) electrons. The van der Waals surface area contributed by atoms with Gasteiger partial charge in [-0.2, -0.15) is 29.8 Å². The molecule has 0 bridgehead atoms. The van der Waals surface area contributed by atoms with E-state index in [2.05, 4.69) is 171 Å². The highest BCUT2D eigenvalue weighted by Gasteiger charge is 2.39. The SMILES string of the molecule is CCCCC(CC)CN(CC(CC)CCCC)c1nc(-c2ccc(C)cc2)c(N=C2C(C)=C(C#N)C(=O)n3nc(Cc4ccccc4)nc32)s1.CCCCC(CC)CN(CC(CC)CCCC)c1nc(-c2cccc(OC)c2)c(N=C2C(C)=C(C#N)C(=O)n3nc(C(CC)CCCC)nc32)s1.CCCCCCCCN(CCCCCC)c1nc(-c2cccc(OC)c2)c(N=C2C(C)=C(C#N)C(=O)n3nc(C(CC)CCCC)nc32)s1. The van der Waals surface area contributed by atoms with Crippen molar-refractivity contribution < 1.29 is 23.9 Å². The lowest BCUT2D eigenvalue weighted by Crippen LogP contribution is -2.34. The van der Waals surface area contributed by atoms with Gasteiger partial charge in [0.1, 0.15) is 95.6 Å². The Morgan fingerprint density at radius 2 is 0.687 bits per heavy atom. The minimum Gasteiger partial charge on any atom is -0.497 e. The molecule has 4 aromatic carbocycles.